The van der Waals surface area contributed by atoms with Gasteiger partial charge in [0.05, 0.1) is 17.9 Å². The monoisotopic (exact) mass is 361 g/mol. The van der Waals surface area contributed by atoms with Crippen LogP contribution in [-0.4, -0.2) is 24.5 Å². The number of aromatic nitrogens is 5. The first-order valence-corrected chi connectivity index (χ1v) is 8.72. The normalized spacial score (nSPS) is 11.0. The van der Waals surface area contributed by atoms with Gasteiger partial charge >= 0.3 is 0 Å². The van der Waals surface area contributed by atoms with Crippen LogP contribution in [0.5, 0.6) is 5.75 Å². The van der Waals surface area contributed by atoms with E-state index >= 15 is 0 Å². The van der Waals surface area contributed by atoms with Gasteiger partial charge in [-0.2, -0.15) is 10.2 Å². The zero-order chi connectivity index (χ0) is 18.8. The fourth-order valence-corrected chi connectivity index (χ4v) is 2.81. The van der Waals surface area contributed by atoms with E-state index in [0.29, 0.717) is 11.4 Å². The van der Waals surface area contributed by atoms with E-state index in [1.807, 2.05) is 37.6 Å². The van der Waals surface area contributed by atoms with Crippen molar-refractivity contribution in [1.82, 2.24) is 24.5 Å². The molecule has 0 spiro atoms. The van der Waals surface area contributed by atoms with E-state index < -0.39 is 0 Å². The average molecular weight is 361 g/mol. The number of fused-ring (bicyclic) bond motifs is 1. The summed E-state index contributed by atoms with van der Waals surface area (Å²) in [7, 11) is 1.83. The quantitative estimate of drug-likeness (QED) is 0.546. The zero-order valence-electron chi connectivity index (χ0n) is 15.2. The lowest BCUT2D eigenvalue weighted by Gasteiger charge is -2.08. The van der Waals surface area contributed by atoms with Gasteiger partial charge in [0, 0.05) is 30.9 Å². The molecular formula is C20H19N5O2. The molecule has 0 saturated heterocycles. The molecule has 0 amide bonds. The number of hydrogen-bond donors (Lipinski definition) is 0. The van der Waals surface area contributed by atoms with Crippen LogP contribution < -0.4 is 10.2 Å². The molecular weight excluding hydrogens is 342 g/mol. The molecule has 4 rings (SSSR count). The molecule has 7 heteroatoms. The molecule has 0 aliphatic rings. The Morgan fingerprint density at radius 1 is 1.15 bits per heavy atom. The highest BCUT2D eigenvalue weighted by atomic mass is 16.5. The molecule has 4 aromatic rings. The predicted molar refractivity (Wildman–Crippen MR) is 102 cm³/mol. The molecule has 0 unspecified atom stereocenters. The molecule has 0 aliphatic heterocycles. The first kappa shape index (κ1) is 17.0. The summed E-state index contributed by atoms with van der Waals surface area (Å²) in [5.74, 6) is 0.676. The Hall–Kier alpha value is -3.48. The molecule has 136 valence electrons. The third-order valence-electron chi connectivity index (χ3n) is 4.33. The molecule has 0 radical (unpaired) electrons. The van der Waals surface area contributed by atoms with Crippen molar-refractivity contribution < 1.29 is 4.74 Å². The average Bonchev–Trinajstić information content (AvgIpc) is 3.13. The van der Waals surface area contributed by atoms with E-state index in [9.17, 15) is 4.79 Å². The van der Waals surface area contributed by atoms with Crippen LogP contribution >= 0.6 is 0 Å². The van der Waals surface area contributed by atoms with E-state index in [2.05, 4.69) is 28.2 Å². The Morgan fingerprint density at radius 2 is 2.04 bits per heavy atom. The number of pyridine rings is 1. The standard InChI is InChI=1S/C20H19N5O2/c1-3-14-8-15-9-17(4-5-18(15)21-10-14)27-13-19-20(26)6-7-25(23-19)16-11-22-24(2)12-16/h4-12H,3,13H2,1-2H3. The van der Waals surface area contributed by atoms with Crippen molar-refractivity contribution in [3.05, 3.63) is 76.6 Å². The minimum Gasteiger partial charge on any atom is -0.487 e. The van der Waals surface area contributed by atoms with Crippen molar-refractivity contribution in [1.29, 1.82) is 0 Å². The minimum atomic E-state index is -0.161. The van der Waals surface area contributed by atoms with Gasteiger partial charge in [0.1, 0.15) is 23.7 Å². The molecule has 0 aliphatic carbocycles. The van der Waals surface area contributed by atoms with Crippen molar-refractivity contribution in [3.8, 4) is 11.4 Å². The Kier molecular flexibility index (Phi) is 4.42. The minimum absolute atomic E-state index is 0.0896. The number of nitrogens with zero attached hydrogens (tertiary/aromatic N) is 5. The van der Waals surface area contributed by atoms with Crippen LogP contribution in [0.15, 0.2) is 59.9 Å². The van der Waals surface area contributed by atoms with Gasteiger partial charge in [-0.05, 0) is 36.2 Å². The number of aryl methyl sites for hydroxylation is 2. The predicted octanol–water partition coefficient (Wildman–Crippen LogP) is 2.66. The molecule has 0 fully saturated rings. The van der Waals surface area contributed by atoms with Gasteiger partial charge in [-0.1, -0.05) is 6.92 Å². The number of hydrogen-bond acceptors (Lipinski definition) is 5. The number of ether oxygens (including phenoxy) is 1. The first-order valence-electron chi connectivity index (χ1n) is 8.72. The van der Waals surface area contributed by atoms with Crippen LogP contribution in [0, 0.1) is 0 Å². The lowest BCUT2D eigenvalue weighted by Crippen LogP contribution is -2.17. The van der Waals surface area contributed by atoms with Gasteiger partial charge < -0.3 is 4.74 Å². The summed E-state index contributed by atoms with van der Waals surface area (Å²) < 4.78 is 9.12. The highest BCUT2D eigenvalue weighted by Crippen LogP contribution is 2.21. The summed E-state index contributed by atoms with van der Waals surface area (Å²) in [5.41, 5.74) is 3.04. The smallest absolute Gasteiger partial charge is 0.206 e. The van der Waals surface area contributed by atoms with Crippen LogP contribution in [0.2, 0.25) is 0 Å². The topological polar surface area (TPSA) is 74.8 Å². The Balaban J connectivity index is 1.58. The summed E-state index contributed by atoms with van der Waals surface area (Å²) in [6.45, 7) is 2.18. The highest BCUT2D eigenvalue weighted by molar-refractivity contribution is 5.80. The second kappa shape index (κ2) is 7.03. The molecule has 0 atom stereocenters. The Bertz CT molecular complexity index is 1160. The lowest BCUT2D eigenvalue weighted by atomic mass is 10.1. The third kappa shape index (κ3) is 3.57. The molecule has 3 aromatic heterocycles. The van der Waals surface area contributed by atoms with Crippen LogP contribution in [0.25, 0.3) is 16.6 Å². The van der Waals surface area contributed by atoms with Crippen molar-refractivity contribution >= 4 is 10.9 Å². The van der Waals surface area contributed by atoms with E-state index in [1.165, 1.54) is 11.6 Å². The lowest BCUT2D eigenvalue weighted by molar-refractivity contribution is 0.298. The molecule has 27 heavy (non-hydrogen) atoms. The molecule has 0 saturated carbocycles. The maximum Gasteiger partial charge on any atom is 0.206 e. The van der Waals surface area contributed by atoms with Crippen molar-refractivity contribution in [2.24, 2.45) is 7.05 Å². The second-order valence-electron chi connectivity index (χ2n) is 6.28. The van der Waals surface area contributed by atoms with Crippen molar-refractivity contribution in [3.63, 3.8) is 0 Å². The number of rotatable bonds is 5. The van der Waals surface area contributed by atoms with Crippen LogP contribution in [0.4, 0.5) is 0 Å². The second-order valence-corrected chi connectivity index (χ2v) is 6.28. The van der Waals surface area contributed by atoms with Crippen LogP contribution in [0.3, 0.4) is 0 Å². The third-order valence-corrected chi connectivity index (χ3v) is 4.33. The summed E-state index contributed by atoms with van der Waals surface area (Å²) in [6, 6.07) is 9.28. The van der Waals surface area contributed by atoms with Gasteiger partial charge in [0.15, 0.2) is 0 Å². The summed E-state index contributed by atoms with van der Waals surface area (Å²) in [5, 5.41) is 9.51. The largest absolute Gasteiger partial charge is 0.487 e. The van der Waals surface area contributed by atoms with Crippen LogP contribution in [-0.2, 0) is 20.1 Å². The van der Waals surface area contributed by atoms with Gasteiger partial charge in [-0.3, -0.25) is 14.5 Å². The van der Waals surface area contributed by atoms with Crippen molar-refractivity contribution in [2.75, 3.05) is 0 Å². The molecule has 1 aromatic carbocycles. The maximum atomic E-state index is 12.1. The van der Waals surface area contributed by atoms with Gasteiger partial charge in [-0.15, -0.1) is 0 Å². The van der Waals surface area contributed by atoms with Crippen LogP contribution in [0.1, 0.15) is 18.2 Å². The zero-order valence-corrected chi connectivity index (χ0v) is 15.2. The molecule has 0 N–H and O–H groups in total. The Morgan fingerprint density at radius 3 is 2.81 bits per heavy atom. The number of benzene rings is 1. The van der Waals surface area contributed by atoms with Gasteiger partial charge in [-0.25, -0.2) is 4.68 Å². The van der Waals surface area contributed by atoms with E-state index in [4.69, 9.17) is 4.74 Å². The van der Waals surface area contributed by atoms with E-state index in [-0.39, 0.29) is 12.0 Å². The summed E-state index contributed by atoms with van der Waals surface area (Å²) in [4.78, 5) is 16.6. The Labute approximate surface area is 155 Å². The molecule has 7 nitrogen and oxygen atoms in total. The van der Waals surface area contributed by atoms with Gasteiger partial charge in [0.25, 0.3) is 0 Å². The van der Waals surface area contributed by atoms with Crippen molar-refractivity contribution in [2.45, 2.75) is 20.0 Å². The van der Waals surface area contributed by atoms with Gasteiger partial charge in [0.2, 0.25) is 5.43 Å². The molecule has 3 heterocycles. The molecule has 0 bridgehead atoms. The highest BCUT2D eigenvalue weighted by Gasteiger charge is 2.07. The fraction of sp³-hybridized carbons (Fsp3) is 0.200. The first-order chi connectivity index (χ1) is 13.1. The SMILES string of the molecule is CCc1cnc2ccc(OCc3nn(-c4cnn(C)c4)ccc3=O)cc2c1. The fourth-order valence-electron chi connectivity index (χ4n) is 2.81. The summed E-state index contributed by atoms with van der Waals surface area (Å²) in [6.07, 6.45) is 7.94. The maximum absolute atomic E-state index is 12.1. The van der Waals surface area contributed by atoms with E-state index in [0.717, 1.165) is 23.0 Å². The summed E-state index contributed by atoms with van der Waals surface area (Å²) >= 11 is 0. The van der Waals surface area contributed by atoms with E-state index in [1.54, 1.807) is 21.8 Å².